The normalized spacial score (nSPS) is 23.1. The lowest BCUT2D eigenvalue weighted by atomic mass is 9.58. The van der Waals surface area contributed by atoms with E-state index in [4.69, 9.17) is 12.2 Å². The summed E-state index contributed by atoms with van der Waals surface area (Å²) in [6, 6.07) is 7.75. The molecule has 31 heavy (non-hydrogen) atoms. The molecule has 2 amide bonds. The second-order valence-electron chi connectivity index (χ2n) is 8.65. The monoisotopic (exact) mass is 418 g/mol. The fourth-order valence-electron chi connectivity index (χ4n) is 4.39. The number of nitrogens with one attached hydrogen (secondary N) is 3. The number of hydrogen-bond donors (Lipinski definition) is 4. The minimum atomic E-state index is -0.292. The Kier molecular flexibility index (Phi) is 5.27. The number of nitrogens with two attached hydrogens (primary N) is 1. The maximum Gasteiger partial charge on any atom is 0.232 e. The number of nitrogens with zero attached hydrogens (tertiary/aromatic N) is 2. The van der Waals surface area contributed by atoms with Crippen LogP contribution in [0.4, 0.5) is 17.5 Å². The fraction of sp³-hybridized carbons (Fsp3) is 0.391. The van der Waals surface area contributed by atoms with Crippen molar-refractivity contribution in [2.75, 3.05) is 22.5 Å². The molecule has 8 heteroatoms. The zero-order chi connectivity index (χ0) is 22.2. The van der Waals surface area contributed by atoms with Crippen molar-refractivity contribution in [2.45, 2.75) is 38.6 Å². The van der Waals surface area contributed by atoms with Crippen LogP contribution >= 0.6 is 0 Å². The number of benzene rings is 1. The number of aromatic nitrogens is 2. The lowest BCUT2D eigenvalue weighted by Gasteiger charge is -2.50. The summed E-state index contributed by atoms with van der Waals surface area (Å²) in [5, 5.41) is 9.46. The maximum absolute atomic E-state index is 12.3. The molecule has 2 aliphatic rings. The summed E-state index contributed by atoms with van der Waals surface area (Å²) >= 11 is 0. The van der Waals surface area contributed by atoms with E-state index in [1.807, 2.05) is 38.1 Å². The quantitative estimate of drug-likeness (QED) is 0.512. The third kappa shape index (κ3) is 3.79. The average Bonchev–Trinajstić information content (AvgIpc) is 3.06. The molecule has 1 aromatic carbocycles. The molecular formula is C23H26N6O2. The van der Waals surface area contributed by atoms with Gasteiger partial charge in [0.1, 0.15) is 5.82 Å². The average molecular weight is 419 g/mol. The van der Waals surface area contributed by atoms with Gasteiger partial charge in [-0.25, -0.2) is 4.98 Å². The molecule has 160 valence electrons. The van der Waals surface area contributed by atoms with Gasteiger partial charge in [0.15, 0.2) is 0 Å². The summed E-state index contributed by atoms with van der Waals surface area (Å²) in [7, 11) is 0. The molecule has 1 fully saturated rings. The molecule has 2 heterocycles. The number of primary amides is 1. The molecule has 2 aromatic rings. The topological polar surface area (TPSA) is 122 Å². The van der Waals surface area contributed by atoms with Gasteiger partial charge < -0.3 is 21.7 Å². The number of amides is 2. The van der Waals surface area contributed by atoms with Crippen LogP contribution in [-0.2, 0) is 9.59 Å². The standard InChI is InChI=1S/C23H26N6O2/c1-4-13-12-26-22(29-20(13)28-18-11-16(19(24)30)23(18,2)3)25-10-9-15-14-7-5-6-8-17(14)27-21(15)31/h1,5-8,12,15-16,18H,9-11H2,2-3H3,(H2,24,30)(H,27,31)(H2,25,26,28,29)/t15?,16-,18-/m1/s1. The van der Waals surface area contributed by atoms with Crippen LogP contribution in [0.25, 0.3) is 0 Å². The molecule has 1 unspecified atom stereocenters. The van der Waals surface area contributed by atoms with Crippen molar-refractivity contribution in [3.63, 3.8) is 0 Å². The van der Waals surface area contributed by atoms with E-state index in [2.05, 4.69) is 31.8 Å². The van der Waals surface area contributed by atoms with Gasteiger partial charge in [0.2, 0.25) is 17.8 Å². The highest BCUT2D eigenvalue weighted by Crippen LogP contribution is 2.47. The largest absolute Gasteiger partial charge is 0.369 e. The van der Waals surface area contributed by atoms with E-state index in [-0.39, 0.29) is 35.1 Å². The Morgan fingerprint density at radius 3 is 2.87 bits per heavy atom. The van der Waals surface area contributed by atoms with Gasteiger partial charge >= 0.3 is 0 Å². The van der Waals surface area contributed by atoms with Crippen LogP contribution in [0.1, 0.15) is 43.7 Å². The van der Waals surface area contributed by atoms with Crippen molar-refractivity contribution in [3.8, 4) is 12.3 Å². The first-order valence-electron chi connectivity index (χ1n) is 10.3. The summed E-state index contributed by atoms with van der Waals surface area (Å²) < 4.78 is 0. The number of fused-ring (bicyclic) bond motifs is 1. The van der Waals surface area contributed by atoms with Crippen LogP contribution < -0.4 is 21.7 Å². The van der Waals surface area contributed by atoms with E-state index in [0.29, 0.717) is 36.7 Å². The van der Waals surface area contributed by atoms with Crippen molar-refractivity contribution in [2.24, 2.45) is 17.1 Å². The molecule has 0 radical (unpaired) electrons. The molecule has 1 aliphatic carbocycles. The zero-order valence-corrected chi connectivity index (χ0v) is 17.6. The van der Waals surface area contributed by atoms with Gasteiger partial charge in [-0.1, -0.05) is 38.0 Å². The summed E-state index contributed by atoms with van der Waals surface area (Å²) in [5.41, 5.74) is 7.63. The van der Waals surface area contributed by atoms with Crippen LogP contribution in [-0.4, -0.2) is 34.4 Å². The molecular weight excluding hydrogens is 392 g/mol. The molecule has 1 saturated carbocycles. The molecule has 4 rings (SSSR count). The van der Waals surface area contributed by atoms with Crippen LogP contribution in [0.2, 0.25) is 0 Å². The number of rotatable bonds is 7. The van der Waals surface area contributed by atoms with Gasteiger partial charge in [-0.3, -0.25) is 9.59 Å². The van der Waals surface area contributed by atoms with Crippen molar-refractivity contribution in [1.82, 2.24) is 9.97 Å². The second kappa shape index (κ2) is 7.91. The van der Waals surface area contributed by atoms with E-state index in [9.17, 15) is 9.59 Å². The summed E-state index contributed by atoms with van der Waals surface area (Å²) in [5.74, 6) is 2.90. The van der Waals surface area contributed by atoms with E-state index < -0.39 is 0 Å². The van der Waals surface area contributed by atoms with E-state index in [1.165, 1.54) is 0 Å². The highest BCUT2D eigenvalue weighted by molar-refractivity contribution is 6.02. The van der Waals surface area contributed by atoms with E-state index in [1.54, 1.807) is 6.20 Å². The molecule has 0 spiro atoms. The number of hydrogen-bond acceptors (Lipinski definition) is 6. The van der Waals surface area contributed by atoms with Crippen molar-refractivity contribution in [1.29, 1.82) is 0 Å². The van der Waals surface area contributed by atoms with Crippen LogP contribution in [0.3, 0.4) is 0 Å². The van der Waals surface area contributed by atoms with E-state index in [0.717, 1.165) is 11.3 Å². The summed E-state index contributed by atoms with van der Waals surface area (Å²) in [6.45, 7) is 4.54. The Labute approximate surface area is 181 Å². The molecule has 0 bridgehead atoms. The Morgan fingerprint density at radius 1 is 1.39 bits per heavy atom. The highest BCUT2D eigenvalue weighted by Gasteiger charge is 2.51. The molecule has 1 aromatic heterocycles. The van der Waals surface area contributed by atoms with E-state index >= 15 is 0 Å². The van der Waals surface area contributed by atoms with Gasteiger partial charge in [0.05, 0.1) is 17.7 Å². The number of anilines is 3. The SMILES string of the molecule is C#Cc1cnc(NCCC2C(=O)Nc3ccccc32)nc1N[C@@H]1C[C@H](C(N)=O)C1(C)C. The predicted molar refractivity (Wildman–Crippen MR) is 119 cm³/mol. The number of para-hydroxylation sites is 1. The third-order valence-corrected chi connectivity index (χ3v) is 6.49. The Morgan fingerprint density at radius 2 is 2.16 bits per heavy atom. The van der Waals surface area contributed by atoms with Gasteiger partial charge in [-0.2, -0.15) is 4.98 Å². The number of terminal acetylenes is 1. The smallest absolute Gasteiger partial charge is 0.232 e. The van der Waals surface area contributed by atoms with Crippen LogP contribution in [0, 0.1) is 23.7 Å². The summed E-state index contributed by atoms with van der Waals surface area (Å²) in [6.07, 6.45) is 8.45. The van der Waals surface area contributed by atoms with Crippen molar-refractivity contribution >= 4 is 29.3 Å². The van der Waals surface area contributed by atoms with Crippen molar-refractivity contribution < 1.29 is 9.59 Å². The molecule has 3 atom stereocenters. The van der Waals surface area contributed by atoms with Gasteiger partial charge in [0, 0.05) is 24.2 Å². The Balaban J connectivity index is 1.41. The lowest BCUT2D eigenvalue weighted by molar-refractivity contribution is -0.131. The zero-order valence-electron chi connectivity index (χ0n) is 17.6. The molecule has 0 saturated heterocycles. The van der Waals surface area contributed by atoms with Crippen LogP contribution in [0.5, 0.6) is 0 Å². The lowest BCUT2D eigenvalue weighted by Crippen LogP contribution is -2.58. The summed E-state index contributed by atoms with van der Waals surface area (Å²) in [4.78, 5) is 32.7. The maximum atomic E-state index is 12.3. The number of carbonyl (C=O) groups excluding carboxylic acids is 2. The minimum Gasteiger partial charge on any atom is -0.369 e. The first-order valence-corrected chi connectivity index (χ1v) is 10.3. The molecule has 8 nitrogen and oxygen atoms in total. The fourth-order valence-corrected chi connectivity index (χ4v) is 4.39. The first-order chi connectivity index (χ1) is 14.8. The highest BCUT2D eigenvalue weighted by atomic mass is 16.2. The van der Waals surface area contributed by atoms with Gasteiger partial charge in [-0.15, -0.1) is 6.42 Å². The van der Waals surface area contributed by atoms with Crippen molar-refractivity contribution in [3.05, 3.63) is 41.6 Å². The number of carbonyl (C=O) groups is 2. The van der Waals surface area contributed by atoms with Crippen LogP contribution in [0.15, 0.2) is 30.5 Å². The first kappa shape index (κ1) is 20.7. The Hall–Kier alpha value is -3.60. The molecule has 1 aliphatic heterocycles. The van der Waals surface area contributed by atoms with Gasteiger partial charge in [0.25, 0.3) is 0 Å². The minimum absolute atomic E-state index is 0.00479. The second-order valence-corrected chi connectivity index (χ2v) is 8.65. The third-order valence-electron chi connectivity index (χ3n) is 6.49. The molecule has 5 N–H and O–H groups in total. The van der Waals surface area contributed by atoms with Gasteiger partial charge in [-0.05, 0) is 29.9 Å². The predicted octanol–water partition coefficient (Wildman–Crippen LogP) is 2.31. The Bertz CT molecular complexity index is 1070.